The molecule has 2 rings (SSSR count). The van der Waals surface area contributed by atoms with Gasteiger partial charge in [0.05, 0.1) is 26.9 Å². The number of hydrogen-bond acceptors (Lipinski definition) is 7. The lowest BCUT2D eigenvalue weighted by atomic mass is 10.1. The van der Waals surface area contributed by atoms with Crippen LogP contribution in [0.1, 0.15) is 27.9 Å². The molecule has 8 nitrogen and oxygen atoms in total. The van der Waals surface area contributed by atoms with E-state index in [-0.39, 0.29) is 19.6 Å². The number of benzene rings is 2. The minimum Gasteiger partial charge on any atom is -0.493 e. The molecule has 2 aromatic rings. The highest BCUT2D eigenvalue weighted by Gasteiger charge is 2.10. The van der Waals surface area contributed by atoms with Crippen molar-refractivity contribution in [2.24, 2.45) is 0 Å². The van der Waals surface area contributed by atoms with Crippen molar-refractivity contribution in [2.45, 2.75) is 19.4 Å². The van der Waals surface area contributed by atoms with Crippen LogP contribution in [0.4, 0.5) is 0 Å². The Morgan fingerprint density at radius 1 is 0.867 bits per heavy atom. The zero-order valence-electron chi connectivity index (χ0n) is 17.2. The molecule has 8 heteroatoms. The van der Waals surface area contributed by atoms with Gasteiger partial charge >= 0.3 is 11.9 Å². The number of nitrogens with one attached hydrogen (secondary N) is 1. The second-order valence-electron chi connectivity index (χ2n) is 6.32. The second-order valence-corrected chi connectivity index (χ2v) is 6.32. The molecular formula is C22H25NO7. The van der Waals surface area contributed by atoms with E-state index in [4.69, 9.17) is 14.2 Å². The van der Waals surface area contributed by atoms with Gasteiger partial charge in [-0.1, -0.05) is 18.2 Å². The van der Waals surface area contributed by atoms with E-state index in [2.05, 4.69) is 10.1 Å². The van der Waals surface area contributed by atoms with Crippen LogP contribution in [0.25, 0.3) is 0 Å². The van der Waals surface area contributed by atoms with Crippen molar-refractivity contribution in [1.29, 1.82) is 0 Å². The van der Waals surface area contributed by atoms with E-state index in [0.29, 0.717) is 23.5 Å². The normalized spacial score (nSPS) is 10.1. The summed E-state index contributed by atoms with van der Waals surface area (Å²) in [6, 6.07) is 12.0. The molecular weight excluding hydrogens is 390 g/mol. The maximum atomic E-state index is 11.9. The number of rotatable bonds is 10. The summed E-state index contributed by atoms with van der Waals surface area (Å²) >= 11 is 0. The summed E-state index contributed by atoms with van der Waals surface area (Å²) in [5, 5.41) is 2.66. The molecule has 0 fully saturated rings. The average Bonchev–Trinajstić information content (AvgIpc) is 2.79. The number of aryl methyl sites for hydroxylation is 1. The summed E-state index contributed by atoms with van der Waals surface area (Å²) in [6.45, 7) is -0.103. The first-order chi connectivity index (χ1) is 14.5. The van der Waals surface area contributed by atoms with Crippen molar-refractivity contribution in [1.82, 2.24) is 5.32 Å². The van der Waals surface area contributed by atoms with Crippen LogP contribution in [0.3, 0.4) is 0 Å². The lowest BCUT2D eigenvalue weighted by Crippen LogP contribution is -2.28. The predicted octanol–water partition coefficient (Wildman–Crippen LogP) is 2.28. The van der Waals surface area contributed by atoms with Crippen molar-refractivity contribution >= 4 is 17.8 Å². The van der Waals surface area contributed by atoms with Crippen molar-refractivity contribution < 1.29 is 33.3 Å². The van der Waals surface area contributed by atoms with Gasteiger partial charge in [0.25, 0.3) is 5.91 Å². The van der Waals surface area contributed by atoms with Crippen LogP contribution in [-0.4, -0.2) is 45.8 Å². The Kier molecular flexibility index (Phi) is 8.68. The summed E-state index contributed by atoms with van der Waals surface area (Å²) in [5.41, 5.74) is 2.12. The number of amides is 1. The van der Waals surface area contributed by atoms with Gasteiger partial charge in [0.15, 0.2) is 18.1 Å². The fourth-order valence-electron chi connectivity index (χ4n) is 2.63. The summed E-state index contributed by atoms with van der Waals surface area (Å²) < 4.78 is 20.1. The van der Waals surface area contributed by atoms with E-state index < -0.39 is 17.8 Å². The Hall–Kier alpha value is -3.55. The van der Waals surface area contributed by atoms with Gasteiger partial charge in [-0.05, 0) is 41.8 Å². The van der Waals surface area contributed by atoms with Crippen molar-refractivity contribution in [2.75, 3.05) is 27.9 Å². The van der Waals surface area contributed by atoms with Crippen LogP contribution in [0, 0.1) is 0 Å². The third-order valence-corrected chi connectivity index (χ3v) is 4.29. The largest absolute Gasteiger partial charge is 0.493 e. The predicted molar refractivity (Wildman–Crippen MR) is 108 cm³/mol. The Bertz CT molecular complexity index is 878. The number of carbonyl (C=O) groups excluding carboxylic acids is 3. The minimum atomic E-state index is -0.470. The molecule has 0 saturated carbocycles. The van der Waals surface area contributed by atoms with Crippen LogP contribution in [-0.2, 0) is 32.0 Å². The van der Waals surface area contributed by atoms with Crippen LogP contribution < -0.4 is 14.8 Å². The minimum absolute atomic E-state index is 0.137. The summed E-state index contributed by atoms with van der Waals surface area (Å²) in [7, 11) is 4.41. The van der Waals surface area contributed by atoms with E-state index in [1.165, 1.54) is 7.11 Å². The molecule has 0 atom stereocenters. The first kappa shape index (κ1) is 22.7. The number of methoxy groups -OCH3 is 3. The average molecular weight is 415 g/mol. The zero-order valence-corrected chi connectivity index (χ0v) is 17.2. The van der Waals surface area contributed by atoms with Gasteiger partial charge in [-0.2, -0.15) is 0 Å². The second kappa shape index (κ2) is 11.5. The molecule has 0 aromatic heterocycles. The monoisotopic (exact) mass is 415 g/mol. The fraction of sp³-hybridized carbons (Fsp3) is 0.318. The van der Waals surface area contributed by atoms with E-state index in [1.807, 2.05) is 6.07 Å². The number of carbonyl (C=O) groups is 3. The molecule has 0 radical (unpaired) electrons. The molecule has 0 saturated heterocycles. The van der Waals surface area contributed by atoms with Crippen LogP contribution in [0.5, 0.6) is 11.5 Å². The van der Waals surface area contributed by atoms with E-state index in [0.717, 1.165) is 11.1 Å². The van der Waals surface area contributed by atoms with Gasteiger partial charge in [-0.25, -0.2) is 4.79 Å². The molecule has 30 heavy (non-hydrogen) atoms. The first-order valence-electron chi connectivity index (χ1n) is 9.27. The fourth-order valence-corrected chi connectivity index (χ4v) is 2.63. The Morgan fingerprint density at radius 2 is 1.53 bits per heavy atom. The molecule has 0 heterocycles. The number of esters is 2. The quantitative estimate of drug-likeness (QED) is 0.594. The Morgan fingerprint density at radius 3 is 2.17 bits per heavy atom. The Balaban J connectivity index is 1.71. The van der Waals surface area contributed by atoms with Gasteiger partial charge in [0, 0.05) is 13.0 Å². The van der Waals surface area contributed by atoms with Gasteiger partial charge in [0.2, 0.25) is 0 Å². The smallest absolute Gasteiger partial charge is 0.337 e. The van der Waals surface area contributed by atoms with Crippen molar-refractivity contribution in [3.8, 4) is 11.5 Å². The van der Waals surface area contributed by atoms with Crippen molar-refractivity contribution in [3.63, 3.8) is 0 Å². The number of ether oxygens (including phenoxy) is 4. The molecule has 0 unspecified atom stereocenters. The van der Waals surface area contributed by atoms with Crippen LogP contribution in [0.2, 0.25) is 0 Å². The highest BCUT2D eigenvalue weighted by molar-refractivity contribution is 5.89. The third-order valence-electron chi connectivity index (χ3n) is 4.29. The molecule has 2 aromatic carbocycles. The van der Waals surface area contributed by atoms with Crippen LogP contribution >= 0.6 is 0 Å². The lowest BCUT2D eigenvalue weighted by Gasteiger charge is -2.10. The maximum absolute atomic E-state index is 11.9. The topological polar surface area (TPSA) is 100 Å². The van der Waals surface area contributed by atoms with Crippen molar-refractivity contribution in [3.05, 3.63) is 59.2 Å². The first-order valence-corrected chi connectivity index (χ1v) is 9.27. The van der Waals surface area contributed by atoms with Gasteiger partial charge in [-0.15, -0.1) is 0 Å². The van der Waals surface area contributed by atoms with Gasteiger partial charge < -0.3 is 24.3 Å². The summed E-state index contributed by atoms with van der Waals surface area (Å²) in [6.07, 6.45) is 0.588. The molecule has 0 bridgehead atoms. The molecule has 0 aliphatic rings. The summed E-state index contributed by atoms with van der Waals surface area (Å²) in [5.74, 6) is -0.109. The molecule has 1 amide bonds. The lowest BCUT2D eigenvalue weighted by molar-refractivity contribution is -0.148. The Labute approximate surface area is 175 Å². The number of hydrogen-bond donors (Lipinski definition) is 1. The van der Waals surface area contributed by atoms with Crippen LogP contribution in [0.15, 0.2) is 42.5 Å². The van der Waals surface area contributed by atoms with E-state index in [9.17, 15) is 14.4 Å². The zero-order chi connectivity index (χ0) is 21.9. The summed E-state index contributed by atoms with van der Waals surface area (Å²) in [4.78, 5) is 35.2. The van der Waals surface area contributed by atoms with Gasteiger partial charge in [-0.3, -0.25) is 9.59 Å². The van der Waals surface area contributed by atoms with E-state index in [1.54, 1.807) is 50.6 Å². The highest BCUT2D eigenvalue weighted by Crippen LogP contribution is 2.27. The molecule has 0 aliphatic carbocycles. The highest BCUT2D eigenvalue weighted by atomic mass is 16.5. The third kappa shape index (κ3) is 6.80. The molecule has 0 aliphatic heterocycles. The standard InChI is InChI=1S/C22H25NO7/c1-27-18-10-6-15(12-19(18)28-2)7-11-21(25)30-14-20(24)23-13-16-4-8-17(9-5-16)22(26)29-3/h4-6,8-10,12H,7,11,13-14H2,1-3H3,(H,23,24). The maximum Gasteiger partial charge on any atom is 0.337 e. The molecule has 1 N–H and O–H groups in total. The SMILES string of the molecule is COC(=O)c1ccc(CNC(=O)COC(=O)CCc2ccc(OC)c(OC)c2)cc1. The van der Waals surface area contributed by atoms with Gasteiger partial charge in [0.1, 0.15) is 0 Å². The molecule has 0 spiro atoms. The molecule has 160 valence electrons. The van der Waals surface area contributed by atoms with E-state index >= 15 is 0 Å².